The third kappa shape index (κ3) is 4.75. The monoisotopic (exact) mass is 249 g/mol. The molecule has 0 aliphatic rings. The quantitative estimate of drug-likeness (QED) is 0.707. The summed E-state index contributed by atoms with van der Waals surface area (Å²) >= 11 is 0. The summed E-state index contributed by atoms with van der Waals surface area (Å²) in [7, 11) is 0. The molecule has 2 nitrogen and oxygen atoms in total. The Labute approximate surface area is 108 Å². The molecule has 1 aromatic carbocycles. The second-order valence-corrected chi connectivity index (χ2v) is 5.21. The van der Waals surface area contributed by atoms with Gasteiger partial charge in [0, 0.05) is 0 Å². The smallest absolute Gasteiger partial charge is 0.126 e. The van der Waals surface area contributed by atoms with Crippen LogP contribution in [0.4, 0.5) is 4.39 Å². The molecule has 0 aliphatic carbocycles. The van der Waals surface area contributed by atoms with Crippen molar-refractivity contribution in [3.05, 3.63) is 29.6 Å². The zero-order chi connectivity index (χ0) is 13.6. The number of rotatable bonds is 6. The summed E-state index contributed by atoms with van der Waals surface area (Å²) < 4.78 is 18.6. The number of hydrogen-bond acceptors (Lipinski definition) is 2. The Morgan fingerprint density at radius 3 is 2.67 bits per heavy atom. The highest BCUT2D eigenvalue weighted by Crippen LogP contribution is 2.22. The predicted molar refractivity (Wildman–Crippen MR) is 69.9 cm³/mol. The Morgan fingerprint density at radius 2 is 2.06 bits per heavy atom. The molecule has 0 spiro atoms. The van der Waals surface area contributed by atoms with Crippen LogP contribution in [0.3, 0.4) is 0 Å². The van der Waals surface area contributed by atoms with Gasteiger partial charge in [-0.3, -0.25) is 0 Å². The average molecular weight is 249 g/mol. The molecule has 0 saturated heterocycles. The summed E-state index contributed by atoms with van der Waals surface area (Å²) in [5.74, 6) is 0.492. The van der Waals surface area contributed by atoms with Crippen molar-refractivity contribution in [2.24, 2.45) is 5.41 Å². The molecule has 98 valence electrons. The minimum absolute atomic E-state index is 0.210. The van der Waals surface area contributed by atoms with Gasteiger partial charge in [-0.1, -0.05) is 0 Å². The van der Waals surface area contributed by atoms with E-state index in [1.165, 1.54) is 6.07 Å². The Bertz CT molecular complexity index is 435. The van der Waals surface area contributed by atoms with Crippen LogP contribution in [0.1, 0.15) is 38.7 Å². The summed E-state index contributed by atoms with van der Waals surface area (Å²) in [5, 5.41) is 8.87. The third-order valence-corrected chi connectivity index (χ3v) is 2.90. The lowest BCUT2D eigenvalue weighted by atomic mass is 9.89. The first-order chi connectivity index (χ1) is 8.44. The van der Waals surface area contributed by atoms with E-state index in [0.717, 1.165) is 19.3 Å². The molecule has 3 heteroatoms. The highest BCUT2D eigenvalue weighted by atomic mass is 19.1. The van der Waals surface area contributed by atoms with E-state index in [4.69, 9.17) is 10.00 Å². The van der Waals surface area contributed by atoms with E-state index in [1.54, 1.807) is 19.1 Å². The van der Waals surface area contributed by atoms with Crippen molar-refractivity contribution in [2.75, 3.05) is 6.61 Å². The number of nitrogens with zero attached hydrogens (tertiary/aromatic N) is 1. The molecule has 0 bridgehead atoms. The van der Waals surface area contributed by atoms with Gasteiger partial charge in [0.25, 0.3) is 0 Å². The molecule has 0 heterocycles. The van der Waals surface area contributed by atoms with Crippen LogP contribution in [-0.2, 0) is 0 Å². The maximum Gasteiger partial charge on any atom is 0.126 e. The van der Waals surface area contributed by atoms with E-state index < -0.39 is 0 Å². The minimum Gasteiger partial charge on any atom is -0.494 e. The molecule has 0 N–H and O–H groups in total. The fraction of sp³-hybridized carbons (Fsp3) is 0.533. The van der Waals surface area contributed by atoms with Crippen molar-refractivity contribution in [1.82, 2.24) is 0 Å². The average Bonchev–Trinajstić information content (AvgIpc) is 2.33. The Kier molecular flexibility index (Phi) is 5.15. The van der Waals surface area contributed by atoms with Gasteiger partial charge < -0.3 is 4.74 Å². The van der Waals surface area contributed by atoms with Gasteiger partial charge in [0.1, 0.15) is 11.6 Å². The number of halogens is 1. The van der Waals surface area contributed by atoms with Crippen molar-refractivity contribution in [3.63, 3.8) is 0 Å². The first-order valence-corrected chi connectivity index (χ1v) is 6.25. The third-order valence-electron chi connectivity index (χ3n) is 2.90. The lowest BCUT2D eigenvalue weighted by Gasteiger charge is -2.14. The zero-order valence-corrected chi connectivity index (χ0v) is 11.3. The van der Waals surface area contributed by atoms with E-state index in [0.29, 0.717) is 17.9 Å². The van der Waals surface area contributed by atoms with E-state index in [-0.39, 0.29) is 11.2 Å². The molecule has 0 aliphatic heterocycles. The van der Waals surface area contributed by atoms with Crippen LogP contribution < -0.4 is 4.74 Å². The van der Waals surface area contributed by atoms with Crippen LogP contribution in [0.5, 0.6) is 5.75 Å². The lowest BCUT2D eigenvalue weighted by molar-refractivity contribution is 0.294. The fourth-order valence-corrected chi connectivity index (χ4v) is 1.62. The van der Waals surface area contributed by atoms with E-state index in [9.17, 15) is 4.39 Å². The summed E-state index contributed by atoms with van der Waals surface area (Å²) in [6.07, 6.45) is 2.73. The molecule has 0 saturated carbocycles. The van der Waals surface area contributed by atoms with Crippen LogP contribution in [0.15, 0.2) is 18.2 Å². The van der Waals surface area contributed by atoms with Gasteiger partial charge in [-0.2, -0.15) is 5.26 Å². The van der Waals surface area contributed by atoms with Crippen LogP contribution in [-0.4, -0.2) is 6.61 Å². The first-order valence-electron chi connectivity index (χ1n) is 6.25. The van der Waals surface area contributed by atoms with Crippen molar-refractivity contribution < 1.29 is 9.13 Å². The number of hydrogen-bond donors (Lipinski definition) is 0. The molecule has 18 heavy (non-hydrogen) atoms. The lowest BCUT2D eigenvalue weighted by Crippen LogP contribution is -2.08. The second-order valence-electron chi connectivity index (χ2n) is 5.21. The summed E-state index contributed by atoms with van der Waals surface area (Å²) in [6.45, 7) is 6.21. The number of benzene rings is 1. The molecule has 0 radical (unpaired) electrons. The van der Waals surface area contributed by atoms with Gasteiger partial charge in [-0.15, -0.1) is 0 Å². The van der Waals surface area contributed by atoms with Gasteiger partial charge in [-0.25, -0.2) is 4.39 Å². The van der Waals surface area contributed by atoms with Gasteiger partial charge in [0.2, 0.25) is 0 Å². The Balaban J connectivity index is 2.26. The molecule has 0 amide bonds. The first kappa shape index (κ1) is 14.5. The van der Waals surface area contributed by atoms with E-state index in [1.807, 2.05) is 13.8 Å². The SMILES string of the molecule is Cc1cc(OCCCCC(C)(C)C#N)ccc1F. The van der Waals surface area contributed by atoms with Crippen molar-refractivity contribution in [1.29, 1.82) is 5.26 Å². The van der Waals surface area contributed by atoms with Gasteiger partial charge in [-0.05, 0) is 63.8 Å². The number of nitriles is 1. The number of aryl methyl sites for hydroxylation is 1. The summed E-state index contributed by atoms with van der Waals surface area (Å²) in [6, 6.07) is 7.04. The Morgan fingerprint density at radius 1 is 1.33 bits per heavy atom. The normalized spacial score (nSPS) is 11.1. The van der Waals surface area contributed by atoms with E-state index >= 15 is 0 Å². The zero-order valence-electron chi connectivity index (χ0n) is 11.3. The van der Waals surface area contributed by atoms with Gasteiger partial charge in [0.15, 0.2) is 0 Å². The van der Waals surface area contributed by atoms with Crippen LogP contribution >= 0.6 is 0 Å². The molecule has 1 rings (SSSR count). The predicted octanol–water partition coefficient (Wildman–Crippen LogP) is 4.23. The minimum atomic E-state index is -0.257. The number of unbranched alkanes of at least 4 members (excludes halogenated alkanes) is 1. The van der Waals surface area contributed by atoms with Crippen LogP contribution in [0.25, 0.3) is 0 Å². The molecule has 0 aromatic heterocycles. The largest absolute Gasteiger partial charge is 0.494 e. The molecule has 0 fully saturated rings. The second kappa shape index (κ2) is 6.39. The van der Waals surface area contributed by atoms with Crippen LogP contribution in [0.2, 0.25) is 0 Å². The standard InChI is InChI=1S/C15H20FNO/c1-12-10-13(6-7-14(12)16)18-9-5-4-8-15(2,3)11-17/h6-7,10H,4-5,8-9H2,1-3H3. The molecule has 1 aromatic rings. The maximum absolute atomic E-state index is 13.0. The van der Waals surface area contributed by atoms with Crippen molar-refractivity contribution in [3.8, 4) is 11.8 Å². The molecule has 0 atom stereocenters. The summed E-state index contributed by atoms with van der Waals surface area (Å²) in [4.78, 5) is 0. The van der Waals surface area contributed by atoms with Crippen LogP contribution in [0, 0.1) is 29.5 Å². The topological polar surface area (TPSA) is 33.0 Å². The van der Waals surface area contributed by atoms with E-state index in [2.05, 4.69) is 6.07 Å². The highest BCUT2D eigenvalue weighted by molar-refractivity contribution is 5.28. The highest BCUT2D eigenvalue weighted by Gasteiger charge is 2.15. The van der Waals surface area contributed by atoms with Gasteiger partial charge in [0.05, 0.1) is 18.1 Å². The molecular formula is C15H20FNO. The Hall–Kier alpha value is -1.56. The fourth-order valence-electron chi connectivity index (χ4n) is 1.62. The molecule has 0 unspecified atom stereocenters. The van der Waals surface area contributed by atoms with Crippen molar-refractivity contribution >= 4 is 0 Å². The summed E-state index contributed by atoms with van der Waals surface area (Å²) in [5.41, 5.74) is 0.338. The van der Waals surface area contributed by atoms with Gasteiger partial charge >= 0.3 is 0 Å². The van der Waals surface area contributed by atoms with Crippen molar-refractivity contribution in [2.45, 2.75) is 40.0 Å². The molecular weight excluding hydrogens is 229 g/mol. The number of ether oxygens (including phenoxy) is 1. The maximum atomic E-state index is 13.0.